The molecule has 6 nitrogen and oxygen atoms in total. The van der Waals surface area contributed by atoms with Crippen molar-refractivity contribution in [1.29, 1.82) is 0 Å². The van der Waals surface area contributed by atoms with Crippen LogP contribution in [0.1, 0.15) is 53.1 Å². The Bertz CT molecular complexity index is 1470. The Kier molecular flexibility index (Phi) is 9.98. The molecule has 0 radical (unpaired) electrons. The molecule has 1 saturated heterocycles. The van der Waals surface area contributed by atoms with Crippen LogP contribution in [0.25, 0.3) is 10.1 Å². The van der Waals surface area contributed by atoms with Gasteiger partial charge in [0.25, 0.3) is 0 Å². The molecule has 0 unspecified atom stereocenters. The lowest BCUT2D eigenvalue weighted by Crippen LogP contribution is -2.36. The van der Waals surface area contributed by atoms with Crippen LogP contribution >= 0.6 is 11.5 Å². The summed E-state index contributed by atoms with van der Waals surface area (Å²) in [6.45, 7) is 4.04. The van der Waals surface area contributed by atoms with Crippen molar-refractivity contribution in [3.8, 4) is 5.75 Å². The van der Waals surface area contributed by atoms with E-state index in [0.717, 1.165) is 84.4 Å². The summed E-state index contributed by atoms with van der Waals surface area (Å²) >= 11 is 1.39. The second kappa shape index (κ2) is 14.0. The number of halogens is 1. The summed E-state index contributed by atoms with van der Waals surface area (Å²) in [5, 5.41) is 12.1. The van der Waals surface area contributed by atoms with Crippen LogP contribution in [0, 0.1) is 5.82 Å². The molecule has 0 bridgehead atoms. The van der Waals surface area contributed by atoms with Crippen LogP contribution in [0.3, 0.4) is 0 Å². The molecular weight excluding hydrogens is 537 g/mol. The molecule has 1 aromatic heterocycles. The van der Waals surface area contributed by atoms with Crippen LogP contribution < -0.4 is 15.6 Å². The van der Waals surface area contributed by atoms with E-state index < -0.39 is 5.97 Å². The van der Waals surface area contributed by atoms with Crippen molar-refractivity contribution in [1.82, 2.24) is 9.27 Å². The molecule has 3 aromatic carbocycles. The third-order valence-electron chi connectivity index (χ3n) is 7.92. The Morgan fingerprint density at radius 2 is 1.73 bits per heavy atom. The first kappa shape index (κ1) is 29.2. The molecule has 41 heavy (non-hydrogen) atoms. The smallest absolute Gasteiger partial charge is 0.124 e. The molecule has 1 aliphatic rings. The number of fused-ring (bicyclic) bond motifs is 1. The quantitative estimate of drug-likeness (QED) is 0.250. The van der Waals surface area contributed by atoms with Gasteiger partial charge in [0, 0.05) is 23.8 Å². The van der Waals surface area contributed by atoms with E-state index in [0.29, 0.717) is 25.5 Å². The van der Waals surface area contributed by atoms with Gasteiger partial charge in [0.15, 0.2) is 0 Å². The Morgan fingerprint density at radius 3 is 2.49 bits per heavy atom. The SMILES string of the molecule is NCCc1cc(CCC(=O)[O-])cc(CCc2ccccc2OCCN2CCC(c3nsc4cc(F)ccc34)CC2)c1. The zero-order valence-corrected chi connectivity index (χ0v) is 24.1. The minimum atomic E-state index is -1.03. The van der Waals surface area contributed by atoms with Gasteiger partial charge in [-0.25, -0.2) is 4.39 Å². The summed E-state index contributed by atoms with van der Waals surface area (Å²) in [4.78, 5) is 13.4. The lowest BCUT2D eigenvalue weighted by atomic mass is 9.91. The highest BCUT2D eigenvalue weighted by molar-refractivity contribution is 7.13. The molecule has 1 fully saturated rings. The lowest BCUT2D eigenvalue weighted by Gasteiger charge is -2.31. The van der Waals surface area contributed by atoms with Crippen LogP contribution in [-0.2, 0) is 30.5 Å². The number of nitrogens with two attached hydrogens (primary N) is 1. The molecule has 4 aromatic rings. The lowest BCUT2D eigenvalue weighted by molar-refractivity contribution is -0.305. The predicted molar refractivity (Wildman–Crippen MR) is 160 cm³/mol. The maximum absolute atomic E-state index is 13.6. The highest BCUT2D eigenvalue weighted by atomic mass is 32.1. The van der Waals surface area contributed by atoms with Gasteiger partial charge in [-0.3, -0.25) is 4.90 Å². The number of likely N-dealkylation sites (tertiary alicyclic amines) is 1. The molecule has 0 spiro atoms. The number of aromatic nitrogens is 1. The molecule has 5 rings (SSSR count). The zero-order valence-electron chi connectivity index (χ0n) is 23.3. The van der Waals surface area contributed by atoms with Crippen molar-refractivity contribution >= 4 is 27.6 Å². The van der Waals surface area contributed by atoms with Gasteiger partial charge >= 0.3 is 0 Å². The molecule has 8 heteroatoms. The van der Waals surface area contributed by atoms with Gasteiger partial charge in [0.2, 0.25) is 0 Å². The van der Waals surface area contributed by atoms with E-state index in [1.807, 2.05) is 24.3 Å². The predicted octanol–water partition coefficient (Wildman–Crippen LogP) is 4.66. The van der Waals surface area contributed by atoms with Crippen molar-refractivity contribution in [3.63, 3.8) is 0 Å². The average molecular weight is 575 g/mol. The van der Waals surface area contributed by atoms with Gasteiger partial charge in [-0.15, -0.1) is 0 Å². The van der Waals surface area contributed by atoms with Gasteiger partial charge in [-0.1, -0.05) is 36.4 Å². The standard InChI is InChI=1S/C33H38FN3O3S/c34-28-8-9-29-31(22-28)41-36-33(29)27-12-15-37(16-13-27)17-18-40-30-4-2-1-3-26(30)7-5-23-19-24(6-10-32(38)39)21-25(20-23)11-14-35/h1-4,8-9,19-22,27H,5-7,10-18,35H2,(H,38,39)/p-1. The summed E-state index contributed by atoms with van der Waals surface area (Å²) in [5.41, 5.74) is 11.4. The monoisotopic (exact) mass is 574 g/mol. The van der Waals surface area contributed by atoms with E-state index in [-0.39, 0.29) is 12.2 Å². The number of piperidine rings is 1. The first-order chi connectivity index (χ1) is 20.0. The van der Waals surface area contributed by atoms with Crippen LogP contribution in [0.2, 0.25) is 0 Å². The molecule has 216 valence electrons. The maximum Gasteiger partial charge on any atom is 0.124 e. The van der Waals surface area contributed by atoms with E-state index in [1.54, 1.807) is 6.07 Å². The molecule has 0 atom stereocenters. The highest BCUT2D eigenvalue weighted by Crippen LogP contribution is 2.34. The number of carboxylic acid groups (broad SMARTS) is 1. The first-order valence-electron chi connectivity index (χ1n) is 14.5. The van der Waals surface area contributed by atoms with Gasteiger partial charge in [0.1, 0.15) is 18.2 Å². The summed E-state index contributed by atoms with van der Waals surface area (Å²) in [6.07, 6.45) is 5.00. The molecule has 0 saturated carbocycles. The van der Waals surface area contributed by atoms with Crippen molar-refractivity contribution in [2.75, 3.05) is 32.8 Å². The van der Waals surface area contributed by atoms with E-state index in [4.69, 9.17) is 10.5 Å². The molecule has 2 heterocycles. The molecule has 1 aliphatic heterocycles. The van der Waals surface area contributed by atoms with Gasteiger partial charge in [0.05, 0.1) is 10.4 Å². The number of hydrogen-bond donors (Lipinski definition) is 1. The van der Waals surface area contributed by atoms with Crippen LogP contribution in [0.5, 0.6) is 5.75 Å². The Hall–Kier alpha value is -3.33. The summed E-state index contributed by atoms with van der Waals surface area (Å²) < 4.78 is 25.4. The second-order valence-electron chi connectivity index (χ2n) is 10.8. The third-order valence-corrected chi connectivity index (χ3v) is 8.74. The molecule has 0 aliphatic carbocycles. The summed E-state index contributed by atoms with van der Waals surface area (Å²) in [7, 11) is 0. The number of aryl methyl sites for hydroxylation is 3. The number of hydrogen-bond acceptors (Lipinski definition) is 7. The maximum atomic E-state index is 13.6. The fraction of sp³-hybridized carbons (Fsp3) is 0.394. The number of rotatable bonds is 13. The minimum Gasteiger partial charge on any atom is -0.550 e. The Morgan fingerprint density at radius 1 is 1.00 bits per heavy atom. The second-order valence-corrected chi connectivity index (χ2v) is 11.7. The topological polar surface area (TPSA) is 91.5 Å². The van der Waals surface area contributed by atoms with Crippen molar-refractivity contribution in [2.45, 2.75) is 50.9 Å². The number of para-hydroxylation sites is 1. The first-order valence-corrected chi connectivity index (χ1v) is 15.3. The normalized spacial score (nSPS) is 14.5. The number of carbonyl (C=O) groups is 1. The van der Waals surface area contributed by atoms with Crippen molar-refractivity contribution < 1.29 is 19.0 Å². The number of nitrogens with zero attached hydrogens (tertiary/aromatic N) is 2. The fourth-order valence-corrected chi connectivity index (χ4v) is 6.64. The van der Waals surface area contributed by atoms with Gasteiger partial charge in [-0.2, -0.15) is 4.37 Å². The van der Waals surface area contributed by atoms with E-state index in [9.17, 15) is 14.3 Å². The molecular formula is C33H37FN3O3S-. The average Bonchev–Trinajstić information content (AvgIpc) is 3.39. The largest absolute Gasteiger partial charge is 0.550 e. The summed E-state index contributed by atoms with van der Waals surface area (Å²) in [6, 6.07) is 19.5. The Labute approximate surface area is 245 Å². The van der Waals surface area contributed by atoms with Gasteiger partial charge < -0.3 is 20.4 Å². The third kappa shape index (κ3) is 7.91. The number of ether oxygens (including phenoxy) is 1. The van der Waals surface area contributed by atoms with E-state index >= 15 is 0 Å². The molecule has 0 amide bonds. The molecule has 2 N–H and O–H groups in total. The van der Waals surface area contributed by atoms with Gasteiger partial charge in [-0.05, 0) is 123 Å². The number of carbonyl (C=O) groups excluding carboxylic acids is 1. The van der Waals surface area contributed by atoms with E-state index in [2.05, 4.69) is 33.5 Å². The van der Waals surface area contributed by atoms with Crippen LogP contribution in [-0.4, -0.2) is 48.0 Å². The van der Waals surface area contributed by atoms with Crippen LogP contribution in [0.15, 0.2) is 60.7 Å². The van der Waals surface area contributed by atoms with E-state index in [1.165, 1.54) is 28.7 Å². The number of benzene rings is 3. The fourth-order valence-electron chi connectivity index (χ4n) is 5.76. The Balaban J connectivity index is 1.12. The van der Waals surface area contributed by atoms with Crippen molar-refractivity contribution in [2.24, 2.45) is 5.73 Å². The van der Waals surface area contributed by atoms with Crippen LogP contribution in [0.4, 0.5) is 4.39 Å². The number of aliphatic carboxylic acids is 1. The van der Waals surface area contributed by atoms with Crippen molar-refractivity contribution in [3.05, 3.63) is 94.4 Å². The zero-order chi connectivity index (χ0) is 28.6. The highest BCUT2D eigenvalue weighted by Gasteiger charge is 2.24. The number of carboxylic acids is 1. The summed E-state index contributed by atoms with van der Waals surface area (Å²) in [5.74, 6) is 0.0913. The minimum absolute atomic E-state index is 0.0167.